The average Bonchev–Trinajstić information content (AvgIpc) is 3.46. The summed E-state index contributed by atoms with van der Waals surface area (Å²) in [6, 6.07) is -1.16. The highest BCUT2D eigenvalue weighted by Crippen LogP contribution is 2.24. The predicted molar refractivity (Wildman–Crippen MR) is 330 cm³/mol. The van der Waals surface area contributed by atoms with Gasteiger partial charge < -0.3 is 50.5 Å². The topological polar surface area (TPSA) is 189 Å². The van der Waals surface area contributed by atoms with Crippen LogP contribution in [0.4, 0.5) is 0 Å². The number of aliphatic hydroxyl groups is 7. The molecule has 79 heavy (non-hydrogen) atoms. The molecule has 1 amide bonds. The van der Waals surface area contributed by atoms with Gasteiger partial charge in [-0.15, -0.1) is 0 Å². The van der Waals surface area contributed by atoms with E-state index in [9.17, 15) is 40.5 Å². The third-order valence-electron chi connectivity index (χ3n) is 17.4. The second kappa shape index (κ2) is 57.5. The first-order chi connectivity index (χ1) is 38.7. The number of amides is 1. The molecule has 0 spiro atoms. The number of hydrogen-bond acceptors (Lipinski definition) is 10. The third kappa shape index (κ3) is 45.2. The summed E-state index contributed by atoms with van der Waals surface area (Å²) in [6.45, 7) is 3.53. The van der Waals surface area contributed by atoms with Crippen molar-refractivity contribution >= 4 is 5.91 Å². The van der Waals surface area contributed by atoms with Gasteiger partial charge >= 0.3 is 0 Å². The van der Waals surface area contributed by atoms with E-state index in [2.05, 4.69) is 19.2 Å². The molecule has 1 saturated heterocycles. The lowest BCUT2D eigenvalue weighted by atomic mass is 9.98. The van der Waals surface area contributed by atoms with Crippen molar-refractivity contribution in [2.24, 2.45) is 0 Å². The average molecular weight is 1130 g/mol. The molecule has 8 N–H and O–H groups in total. The summed E-state index contributed by atoms with van der Waals surface area (Å²) in [5.74, 6) is -0.687. The van der Waals surface area contributed by atoms with Gasteiger partial charge in [-0.05, 0) is 12.8 Å². The van der Waals surface area contributed by atoms with E-state index in [1.54, 1.807) is 0 Å². The zero-order valence-electron chi connectivity index (χ0n) is 52.1. The maximum atomic E-state index is 13.2. The summed E-state index contributed by atoms with van der Waals surface area (Å²) >= 11 is 0. The second-order valence-electron chi connectivity index (χ2n) is 25.0. The number of hydrogen-bond donors (Lipinski definition) is 8. The zero-order valence-corrected chi connectivity index (χ0v) is 52.1. The fraction of sp³-hybridized carbons (Fsp3) is 0.985. The van der Waals surface area contributed by atoms with Crippen LogP contribution in [0.2, 0.25) is 0 Å². The Balaban J connectivity index is 2.19. The summed E-state index contributed by atoms with van der Waals surface area (Å²) in [7, 11) is 0. The van der Waals surface area contributed by atoms with E-state index < -0.39 is 74.2 Å². The SMILES string of the molecule is CCCCCCCCCCCCCCCCCCCCCCCCCCCCC(O)C(=O)NC(COC1OC(CO)C(O)C(O)C1O)C(O)C(O)CCCCCCCCCCCCCCCCCCCCCCCCCCCC. The molecular formula is C68H135NO10. The number of carbonyl (C=O) groups excluding carboxylic acids is 1. The van der Waals surface area contributed by atoms with Crippen molar-refractivity contribution < 1.29 is 50.0 Å². The summed E-state index contributed by atoms with van der Waals surface area (Å²) in [5.41, 5.74) is 0. The monoisotopic (exact) mass is 1130 g/mol. The van der Waals surface area contributed by atoms with Crippen LogP contribution in [0, 0.1) is 0 Å². The Bertz CT molecular complexity index is 1250. The molecule has 0 bridgehead atoms. The molecule has 1 rings (SSSR count). The minimum atomic E-state index is -1.66. The van der Waals surface area contributed by atoms with Crippen molar-refractivity contribution in [3.63, 3.8) is 0 Å². The summed E-state index contributed by atoms with van der Waals surface area (Å²) in [5, 5.41) is 76.5. The van der Waals surface area contributed by atoms with Gasteiger partial charge in [-0.3, -0.25) is 4.79 Å². The largest absolute Gasteiger partial charge is 0.394 e. The zero-order chi connectivity index (χ0) is 57.5. The van der Waals surface area contributed by atoms with Gasteiger partial charge in [0.15, 0.2) is 6.29 Å². The fourth-order valence-electron chi connectivity index (χ4n) is 11.8. The van der Waals surface area contributed by atoms with Crippen LogP contribution in [0.25, 0.3) is 0 Å². The minimum Gasteiger partial charge on any atom is -0.394 e. The molecule has 0 saturated carbocycles. The van der Waals surface area contributed by atoms with E-state index >= 15 is 0 Å². The highest BCUT2D eigenvalue weighted by molar-refractivity contribution is 5.80. The summed E-state index contributed by atoms with van der Waals surface area (Å²) in [6.07, 6.45) is 57.5. The lowest BCUT2D eigenvalue weighted by molar-refractivity contribution is -0.303. The first-order valence-electron chi connectivity index (χ1n) is 34.9. The molecule has 1 fully saturated rings. The van der Waals surface area contributed by atoms with Crippen LogP contribution in [0.1, 0.15) is 361 Å². The van der Waals surface area contributed by atoms with E-state index in [-0.39, 0.29) is 6.42 Å². The number of ether oxygens (including phenoxy) is 2. The number of rotatable bonds is 62. The first-order valence-corrected chi connectivity index (χ1v) is 34.9. The van der Waals surface area contributed by atoms with Crippen molar-refractivity contribution in [3.05, 3.63) is 0 Å². The number of aliphatic hydroxyl groups excluding tert-OH is 7. The van der Waals surface area contributed by atoms with Crippen LogP contribution in [-0.4, -0.2) is 110 Å². The molecule has 0 aromatic carbocycles. The molecule has 0 aromatic heterocycles. The van der Waals surface area contributed by atoms with Crippen molar-refractivity contribution in [2.45, 2.75) is 416 Å². The van der Waals surface area contributed by atoms with E-state index in [0.717, 1.165) is 38.5 Å². The van der Waals surface area contributed by atoms with Gasteiger partial charge in [-0.25, -0.2) is 0 Å². The van der Waals surface area contributed by atoms with Gasteiger partial charge in [0.05, 0.1) is 25.4 Å². The van der Waals surface area contributed by atoms with Crippen LogP contribution in [0.3, 0.4) is 0 Å². The molecule has 0 aliphatic carbocycles. The second-order valence-corrected chi connectivity index (χ2v) is 25.0. The standard InChI is InChI=1S/C68H135NO10/c1-3-5-7-9-11-13-15-17-19-21-23-25-27-29-31-33-35-37-39-41-43-45-47-49-51-53-55-60(71)63(73)59(58-78-68-66(76)65(75)64(74)62(57-70)79-68)69-67(77)61(72)56-54-52-50-48-46-44-42-40-38-36-34-32-30-28-26-24-22-20-18-16-14-12-10-8-6-4-2/h59-66,68,70-76H,3-58H2,1-2H3,(H,69,77). The molecule has 0 radical (unpaired) electrons. The van der Waals surface area contributed by atoms with E-state index in [4.69, 9.17) is 9.47 Å². The number of carbonyl (C=O) groups is 1. The highest BCUT2D eigenvalue weighted by atomic mass is 16.7. The minimum absolute atomic E-state index is 0.268. The quantitative estimate of drug-likeness (QED) is 0.0272. The van der Waals surface area contributed by atoms with Gasteiger partial charge in [-0.2, -0.15) is 0 Å². The van der Waals surface area contributed by atoms with Gasteiger partial charge in [-0.1, -0.05) is 348 Å². The molecule has 0 aromatic rings. The van der Waals surface area contributed by atoms with Gasteiger partial charge in [0.1, 0.15) is 36.6 Å². The Morgan fingerprint density at radius 1 is 0.392 bits per heavy atom. The van der Waals surface area contributed by atoms with E-state index in [1.807, 2.05) is 0 Å². The Morgan fingerprint density at radius 2 is 0.658 bits per heavy atom. The normalized spacial score (nSPS) is 19.2. The number of unbranched alkanes of at least 4 members (excludes halogenated alkanes) is 50. The number of nitrogens with one attached hydrogen (secondary N) is 1. The maximum absolute atomic E-state index is 13.2. The molecule has 11 heteroatoms. The van der Waals surface area contributed by atoms with Crippen LogP contribution >= 0.6 is 0 Å². The van der Waals surface area contributed by atoms with Crippen molar-refractivity contribution in [3.8, 4) is 0 Å². The van der Waals surface area contributed by atoms with Crippen LogP contribution in [-0.2, 0) is 14.3 Å². The first kappa shape index (κ1) is 76.1. The smallest absolute Gasteiger partial charge is 0.249 e. The molecular weight excluding hydrogens is 991 g/mol. The molecule has 1 aliphatic heterocycles. The molecule has 9 unspecified atom stereocenters. The third-order valence-corrected chi connectivity index (χ3v) is 17.4. The van der Waals surface area contributed by atoms with Gasteiger partial charge in [0.25, 0.3) is 0 Å². The molecule has 1 aliphatic rings. The molecule has 1 heterocycles. The maximum Gasteiger partial charge on any atom is 0.249 e. The Hall–Kier alpha value is -0.890. The lowest BCUT2D eigenvalue weighted by Gasteiger charge is -2.40. The van der Waals surface area contributed by atoms with Crippen molar-refractivity contribution in [2.75, 3.05) is 13.2 Å². The fourth-order valence-corrected chi connectivity index (χ4v) is 11.8. The van der Waals surface area contributed by atoms with E-state index in [1.165, 1.54) is 283 Å². The summed E-state index contributed by atoms with van der Waals surface area (Å²) < 4.78 is 11.2. The van der Waals surface area contributed by atoms with Crippen molar-refractivity contribution in [1.82, 2.24) is 5.32 Å². The van der Waals surface area contributed by atoms with Crippen LogP contribution in [0.5, 0.6) is 0 Å². The molecule has 11 nitrogen and oxygen atoms in total. The molecule has 9 atom stereocenters. The van der Waals surface area contributed by atoms with Crippen LogP contribution in [0.15, 0.2) is 0 Å². The lowest BCUT2D eigenvalue weighted by Crippen LogP contribution is -2.60. The Labute approximate surface area is 488 Å². The molecule has 472 valence electrons. The van der Waals surface area contributed by atoms with Crippen LogP contribution < -0.4 is 5.32 Å². The van der Waals surface area contributed by atoms with E-state index in [0.29, 0.717) is 19.3 Å². The van der Waals surface area contributed by atoms with Gasteiger partial charge in [0.2, 0.25) is 5.91 Å². The highest BCUT2D eigenvalue weighted by Gasteiger charge is 2.44. The van der Waals surface area contributed by atoms with Gasteiger partial charge in [0, 0.05) is 0 Å². The Morgan fingerprint density at radius 3 is 0.937 bits per heavy atom. The predicted octanol–water partition coefficient (Wildman–Crippen LogP) is 16.5. The van der Waals surface area contributed by atoms with Crippen molar-refractivity contribution in [1.29, 1.82) is 0 Å². The summed E-state index contributed by atoms with van der Waals surface area (Å²) in [4.78, 5) is 13.2. The Kier molecular flexibility index (Phi) is 55.4.